The van der Waals surface area contributed by atoms with Crippen molar-refractivity contribution in [2.24, 2.45) is 0 Å². The first-order chi connectivity index (χ1) is 12.1. The number of benzene rings is 2. The van der Waals surface area contributed by atoms with Crippen LogP contribution in [0.25, 0.3) is 0 Å². The molecule has 1 heterocycles. The Bertz CT molecular complexity index is 727. The maximum atomic E-state index is 12.7. The molecule has 2 aromatic rings. The van der Waals surface area contributed by atoms with Crippen molar-refractivity contribution in [3.63, 3.8) is 0 Å². The van der Waals surface area contributed by atoms with Gasteiger partial charge in [-0.05, 0) is 30.5 Å². The van der Waals surface area contributed by atoms with Crippen LogP contribution in [0.5, 0.6) is 0 Å². The second-order valence-electron chi connectivity index (χ2n) is 6.11. The third-order valence-corrected chi connectivity index (χ3v) is 6.30. The molecule has 5 heteroatoms. The van der Waals surface area contributed by atoms with Gasteiger partial charge >= 0.3 is 0 Å². The molecule has 2 aromatic carbocycles. The first-order valence-corrected chi connectivity index (χ1v) is 10.1. The highest BCUT2D eigenvalue weighted by Gasteiger charge is 2.23. The fraction of sp³-hybridized carbons (Fsp3) is 0.300. The van der Waals surface area contributed by atoms with Crippen LogP contribution < -0.4 is 0 Å². The van der Waals surface area contributed by atoms with Crippen molar-refractivity contribution in [3.8, 4) is 0 Å². The van der Waals surface area contributed by atoms with Gasteiger partial charge in [0.1, 0.15) is 4.32 Å². The molecule has 1 unspecified atom stereocenters. The van der Waals surface area contributed by atoms with Crippen LogP contribution in [0, 0.1) is 0 Å². The Labute approximate surface area is 163 Å². The number of likely N-dealkylation sites (tertiary alicyclic amines) is 1. The first kappa shape index (κ1) is 18.4. The molecule has 0 spiro atoms. The van der Waals surface area contributed by atoms with Gasteiger partial charge in [-0.3, -0.25) is 4.79 Å². The van der Waals surface area contributed by atoms with Crippen molar-refractivity contribution < 1.29 is 4.79 Å². The van der Waals surface area contributed by atoms with Crippen molar-refractivity contribution in [2.45, 2.75) is 24.5 Å². The summed E-state index contributed by atoms with van der Waals surface area (Å²) in [5.74, 6) is 0.136. The number of hydrogen-bond donors (Lipinski definition) is 0. The van der Waals surface area contributed by atoms with E-state index in [1.807, 2.05) is 54.6 Å². The van der Waals surface area contributed by atoms with Crippen LogP contribution in [0.15, 0.2) is 54.6 Å². The monoisotopic (exact) mass is 389 g/mol. The van der Waals surface area contributed by atoms with Crippen LogP contribution in [-0.2, 0) is 0 Å². The summed E-state index contributed by atoms with van der Waals surface area (Å²) in [6, 6.07) is 17.2. The standard InChI is InChI=1S/C20H20ClNOS2/c21-17-10-8-16(9-11-17)19(25-20(24)22-12-4-5-13-22)14-18(23)15-6-2-1-3-7-15/h1-3,6-11,19H,4-5,12-14H2. The molecule has 1 atom stereocenters. The zero-order valence-electron chi connectivity index (χ0n) is 13.9. The summed E-state index contributed by atoms with van der Waals surface area (Å²) in [6.45, 7) is 2.04. The van der Waals surface area contributed by atoms with Gasteiger partial charge in [-0.25, -0.2) is 0 Å². The summed E-state index contributed by atoms with van der Waals surface area (Å²) in [5, 5.41) is 0.696. The van der Waals surface area contributed by atoms with E-state index in [9.17, 15) is 4.79 Å². The lowest BCUT2D eigenvalue weighted by molar-refractivity contribution is 0.0982. The molecule has 0 aliphatic carbocycles. The molecule has 1 aliphatic heterocycles. The summed E-state index contributed by atoms with van der Waals surface area (Å²) in [5.41, 5.74) is 1.83. The smallest absolute Gasteiger partial charge is 0.164 e. The topological polar surface area (TPSA) is 20.3 Å². The molecule has 1 fully saturated rings. The Kier molecular flexibility index (Phi) is 6.51. The van der Waals surface area contributed by atoms with Crippen LogP contribution >= 0.6 is 35.6 Å². The number of hydrogen-bond acceptors (Lipinski definition) is 3. The maximum absolute atomic E-state index is 12.7. The van der Waals surface area contributed by atoms with Crippen molar-refractivity contribution in [3.05, 3.63) is 70.7 Å². The highest BCUT2D eigenvalue weighted by atomic mass is 35.5. The van der Waals surface area contributed by atoms with E-state index in [0.29, 0.717) is 11.4 Å². The Morgan fingerprint density at radius 2 is 1.72 bits per heavy atom. The summed E-state index contributed by atoms with van der Waals surface area (Å²) >= 11 is 13.3. The lowest BCUT2D eigenvalue weighted by atomic mass is 10.0. The number of thioether (sulfide) groups is 1. The van der Waals surface area contributed by atoms with Crippen LogP contribution in [0.3, 0.4) is 0 Å². The quantitative estimate of drug-likeness (QED) is 0.477. The number of thiocarbonyl (C=S) groups is 1. The van der Waals surface area contributed by atoms with Gasteiger partial charge < -0.3 is 4.90 Å². The molecule has 0 saturated carbocycles. The van der Waals surface area contributed by atoms with Gasteiger partial charge in [0.15, 0.2) is 5.78 Å². The van der Waals surface area contributed by atoms with Crippen molar-refractivity contribution in [2.75, 3.05) is 13.1 Å². The summed E-state index contributed by atoms with van der Waals surface area (Å²) < 4.78 is 0.887. The Hall–Kier alpha value is -1.36. The molecule has 0 bridgehead atoms. The highest BCUT2D eigenvalue weighted by Crippen LogP contribution is 2.36. The molecule has 0 radical (unpaired) electrons. The Morgan fingerprint density at radius 1 is 1.08 bits per heavy atom. The molecule has 0 amide bonds. The highest BCUT2D eigenvalue weighted by molar-refractivity contribution is 8.23. The van der Waals surface area contributed by atoms with Gasteiger partial charge in [0.05, 0.1) is 0 Å². The minimum atomic E-state index is -0.00178. The summed E-state index contributed by atoms with van der Waals surface area (Å²) in [7, 11) is 0. The largest absolute Gasteiger partial charge is 0.358 e. The van der Waals surface area contributed by atoms with Crippen LogP contribution in [0.1, 0.15) is 40.4 Å². The van der Waals surface area contributed by atoms with Crippen LogP contribution in [-0.4, -0.2) is 28.1 Å². The van der Waals surface area contributed by atoms with E-state index in [0.717, 1.165) is 28.5 Å². The normalized spacial score (nSPS) is 15.2. The van der Waals surface area contributed by atoms with Gasteiger partial charge in [-0.2, -0.15) is 0 Å². The number of nitrogens with zero attached hydrogens (tertiary/aromatic N) is 1. The lowest BCUT2D eigenvalue weighted by Crippen LogP contribution is -2.24. The fourth-order valence-electron chi connectivity index (χ4n) is 2.91. The predicted octanol–water partition coefficient (Wildman–Crippen LogP) is 5.77. The van der Waals surface area contributed by atoms with E-state index in [4.69, 9.17) is 23.8 Å². The van der Waals surface area contributed by atoms with E-state index >= 15 is 0 Å². The van der Waals surface area contributed by atoms with E-state index in [-0.39, 0.29) is 11.0 Å². The lowest BCUT2D eigenvalue weighted by Gasteiger charge is -2.23. The van der Waals surface area contributed by atoms with Crippen LogP contribution in [0.2, 0.25) is 5.02 Å². The number of rotatable bonds is 5. The van der Waals surface area contributed by atoms with E-state index in [2.05, 4.69) is 4.90 Å². The molecule has 2 nitrogen and oxygen atoms in total. The molecule has 1 aliphatic rings. The minimum Gasteiger partial charge on any atom is -0.358 e. The first-order valence-electron chi connectivity index (χ1n) is 8.43. The van der Waals surface area contributed by atoms with Crippen molar-refractivity contribution in [1.82, 2.24) is 4.90 Å². The number of ketones is 1. The Morgan fingerprint density at radius 3 is 2.36 bits per heavy atom. The molecular formula is C20H20ClNOS2. The third-order valence-electron chi connectivity index (χ3n) is 4.32. The Balaban J connectivity index is 1.77. The van der Waals surface area contributed by atoms with Gasteiger partial charge in [0, 0.05) is 35.3 Å². The molecular weight excluding hydrogens is 370 g/mol. The maximum Gasteiger partial charge on any atom is 0.164 e. The number of carbonyl (C=O) groups is 1. The second kappa shape index (κ2) is 8.84. The molecule has 130 valence electrons. The minimum absolute atomic E-state index is 0.00178. The second-order valence-corrected chi connectivity index (χ2v) is 8.38. The van der Waals surface area contributed by atoms with E-state index in [1.54, 1.807) is 11.8 Å². The zero-order valence-corrected chi connectivity index (χ0v) is 16.2. The SMILES string of the molecule is O=C(CC(SC(=S)N1CCCC1)c1ccc(Cl)cc1)c1ccccc1. The molecule has 25 heavy (non-hydrogen) atoms. The van der Waals surface area contributed by atoms with Crippen LogP contribution in [0.4, 0.5) is 0 Å². The fourth-order valence-corrected chi connectivity index (χ4v) is 4.67. The third kappa shape index (κ3) is 5.06. The summed E-state index contributed by atoms with van der Waals surface area (Å²) in [6.07, 6.45) is 2.80. The molecule has 1 saturated heterocycles. The van der Waals surface area contributed by atoms with E-state index in [1.165, 1.54) is 12.8 Å². The number of Topliss-reactive ketones (excluding diaryl/α,β-unsaturated/α-hetero) is 1. The van der Waals surface area contributed by atoms with Gasteiger partial charge in [0.25, 0.3) is 0 Å². The average Bonchev–Trinajstić information content (AvgIpc) is 3.17. The molecule has 0 aromatic heterocycles. The molecule has 3 rings (SSSR count). The predicted molar refractivity (Wildman–Crippen MR) is 111 cm³/mol. The van der Waals surface area contributed by atoms with E-state index < -0.39 is 0 Å². The van der Waals surface area contributed by atoms with Crippen molar-refractivity contribution in [1.29, 1.82) is 0 Å². The average molecular weight is 390 g/mol. The van der Waals surface area contributed by atoms with Gasteiger partial charge in [-0.1, -0.05) is 78.0 Å². The zero-order chi connectivity index (χ0) is 17.6. The number of halogens is 1. The van der Waals surface area contributed by atoms with Gasteiger partial charge in [-0.15, -0.1) is 0 Å². The number of carbonyl (C=O) groups excluding carboxylic acids is 1. The van der Waals surface area contributed by atoms with Crippen molar-refractivity contribution >= 4 is 45.7 Å². The summed E-state index contributed by atoms with van der Waals surface area (Å²) in [4.78, 5) is 14.9. The molecule has 0 N–H and O–H groups in total. The van der Waals surface area contributed by atoms with Gasteiger partial charge in [0.2, 0.25) is 0 Å².